The zero-order valence-corrected chi connectivity index (χ0v) is 50.0. The highest BCUT2D eigenvalue weighted by molar-refractivity contribution is 7.90. The molecule has 0 spiro atoms. The monoisotopic (exact) mass is 1190 g/mol. The lowest BCUT2D eigenvalue weighted by molar-refractivity contribution is -0.144. The molecular weight excluding hydrogens is 1120 g/mol. The van der Waals surface area contributed by atoms with Gasteiger partial charge in [-0.15, -0.1) is 11.3 Å². The number of aliphatic hydroxyl groups excluding tert-OH is 1. The SMILES string of the molecule is Cc1ncsc1-c1ccc([C@H](C)NC(=O)[C@@H]2C[C@@H](O)CN2C(=O)[C@@H](NC(=O)CN2[C@H](C)CN(CC3CCN(c4ccc(-c5cnc6[nH]cc(C(=O)c7c(F)ccc(NS(=O)(=O)N8CC[C@@H](F)C8)c7F)c6c5)cc4)CC3)C[C@@H]2C)C(C)(C)C)cc1. The molecule has 448 valence electrons. The second-order valence-electron chi connectivity index (χ2n) is 24.2. The van der Waals surface area contributed by atoms with Gasteiger partial charge in [-0.25, -0.2) is 23.1 Å². The minimum Gasteiger partial charge on any atom is -0.391 e. The number of alkyl halides is 1. The number of aromatic amines is 1. The zero-order chi connectivity index (χ0) is 59.9. The van der Waals surface area contributed by atoms with Crippen molar-refractivity contribution in [3.05, 3.63) is 119 Å². The fraction of sp³-hybridized carbons (Fsp3) is 0.475. The van der Waals surface area contributed by atoms with Crippen molar-refractivity contribution in [1.82, 2.24) is 44.6 Å². The average molecular weight is 1190 g/mol. The van der Waals surface area contributed by atoms with Crippen LogP contribution in [0.15, 0.2) is 84.6 Å². The Morgan fingerprint density at radius 1 is 0.869 bits per heavy atom. The molecule has 7 atom stereocenters. The third-order valence-corrected chi connectivity index (χ3v) is 19.5. The standard InChI is InChI=1S/C61H74F3N11O7S2/c1-35-28-71(29-36(2)74(35)33-52(77)69-57(61(5,6)7)60(80)75-32-46(76)25-51(75)59(79)68-37(3)40-8-10-42(11-9-40)56-38(4)67-34-83-56)30-39-18-21-72(22-19-39)45-14-12-41(13-15-45)43-24-47-48(27-66-58(47)65-26-43)55(78)53-49(63)16-17-50(54(53)64)70-84(81,82)73-23-20-44(62)31-73/h8-17,24,26-27,34-37,39,44,46,51,57,70,76H,18-23,25,28-33H2,1-7H3,(H,65,66)(H,68,79)(H,69,77)/t35-,36+,37-,44+,46+,51-,57+/m0/s1. The number of β-amino-alcohol motifs (C(OH)–C–C–N with tert-alkyl or cyclic N) is 1. The number of rotatable bonds is 17. The topological polar surface area (TPSA) is 217 Å². The van der Waals surface area contributed by atoms with Crippen molar-refractivity contribution >= 4 is 67.5 Å². The third-order valence-electron chi connectivity index (χ3n) is 17.0. The van der Waals surface area contributed by atoms with Crippen LogP contribution in [-0.4, -0.2) is 166 Å². The van der Waals surface area contributed by atoms with Gasteiger partial charge >= 0.3 is 10.2 Å². The van der Waals surface area contributed by atoms with Gasteiger partial charge in [-0.1, -0.05) is 57.2 Å². The van der Waals surface area contributed by atoms with Crippen LogP contribution in [0.25, 0.3) is 32.6 Å². The highest BCUT2D eigenvalue weighted by Gasteiger charge is 2.45. The predicted octanol–water partition coefficient (Wildman–Crippen LogP) is 7.85. The highest BCUT2D eigenvalue weighted by Crippen LogP contribution is 2.34. The number of carbonyl (C=O) groups excluding carboxylic acids is 4. The summed E-state index contributed by atoms with van der Waals surface area (Å²) in [6, 6.07) is 17.3. The Labute approximate surface area is 492 Å². The van der Waals surface area contributed by atoms with E-state index in [-0.39, 0.29) is 68.0 Å². The van der Waals surface area contributed by atoms with Crippen molar-refractivity contribution in [3.8, 4) is 21.6 Å². The van der Waals surface area contributed by atoms with Crippen molar-refractivity contribution in [2.45, 2.75) is 117 Å². The van der Waals surface area contributed by atoms with Gasteiger partial charge in [-0.2, -0.15) is 12.7 Å². The molecule has 4 saturated heterocycles. The molecule has 6 aromatic rings. The van der Waals surface area contributed by atoms with Gasteiger partial charge in [0.2, 0.25) is 23.5 Å². The number of aryl methyl sites for hydroxylation is 1. The molecule has 4 aliphatic rings. The van der Waals surface area contributed by atoms with Gasteiger partial charge in [0, 0.05) is 105 Å². The van der Waals surface area contributed by atoms with E-state index in [2.05, 4.69) is 54.1 Å². The van der Waals surface area contributed by atoms with Crippen LogP contribution in [-0.2, 0) is 24.6 Å². The van der Waals surface area contributed by atoms with Crippen LogP contribution in [0.2, 0.25) is 0 Å². The number of amides is 3. The first-order valence-electron chi connectivity index (χ1n) is 28.8. The molecule has 3 amide bonds. The number of nitrogens with one attached hydrogen (secondary N) is 4. The summed E-state index contributed by atoms with van der Waals surface area (Å²) in [4.78, 5) is 77.4. The molecule has 0 radical (unpaired) electrons. The van der Waals surface area contributed by atoms with Gasteiger partial charge in [-0.05, 0) is 105 Å². The van der Waals surface area contributed by atoms with E-state index in [1.54, 1.807) is 23.6 Å². The summed E-state index contributed by atoms with van der Waals surface area (Å²) in [7, 11) is -4.38. The maximum atomic E-state index is 15.9. The van der Waals surface area contributed by atoms with Crippen LogP contribution in [0.1, 0.15) is 100 Å². The second kappa shape index (κ2) is 24.7. The molecule has 0 bridgehead atoms. The number of halogens is 3. The van der Waals surface area contributed by atoms with Crippen molar-refractivity contribution in [3.63, 3.8) is 0 Å². The number of hydrogen-bond acceptors (Lipinski definition) is 13. The van der Waals surface area contributed by atoms with Gasteiger partial charge in [0.25, 0.3) is 0 Å². The normalized spacial score (nSPS) is 22.1. The number of piperidine rings is 1. The number of H-pyrrole nitrogens is 1. The fourth-order valence-electron chi connectivity index (χ4n) is 12.4. The number of thiazole rings is 1. The number of likely N-dealkylation sites (tertiary alicyclic amines) is 1. The third kappa shape index (κ3) is 13.1. The molecule has 10 rings (SSSR count). The minimum atomic E-state index is -4.38. The fourth-order valence-corrected chi connectivity index (χ4v) is 14.4. The molecule has 4 aliphatic heterocycles. The zero-order valence-electron chi connectivity index (χ0n) is 48.4. The van der Waals surface area contributed by atoms with Gasteiger partial charge < -0.3 is 30.5 Å². The number of benzene rings is 3. The summed E-state index contributed by atoms with van der Waals surface area (Å²) in [6.45, 7) is 17.6. The molecule has 7 heterocycles. The Morgan fingerprint density at radius 3 is 2.20 bits per heavy atom. The summed E-state index contributed by atoms with van der Waals surface area (Å²) >= 11 is 1.57. The number of anilines is 2. The quantitative estimate of drug-likeness (QED) is 0.0552. The highest BCUT2D eigenvalue weighted by atomic mass is 32.2. The van der Waals surface area contributed by atoms with E-state index in [9.17, 15) is 37.1 Å². The first kappa shape index (κ1) is 60.4. The van der Waals surface area contributed by atoms with Crippen LogP contribution in [0.5, 0.6) is 0 Å². The molecule has 4 fully saturated rings. The summed E-state index contributed by atoms with van der Waals surface area (Å²) in [6.07, 6.45) is 2.78. The van der Waals surface area contributed by atoms with Crippen molar-refractivity contribution in [2.75, 3.05) is 68.5 Å². The number of carbonyl (C=O) groups is 4. The van der Waals surface area contributed by atoms with Crippen molar-refractivity contribution in [2.24, 2.45) is 11.3 Å². The molecule has 5 N–H and O–H groups in total. The van der Waals surface area contributed by atoms with E-state index >= 15 is 8.78 Å². The number of aromatic nitrogens is 3. The number of piperazine rings is 1. The number of aliphatic hydroxyl groups is 1. The van der Waals surface area contributed by atoms with E-state index in [1.165, 1.54) is 11.1 Å². The van der Waals surface area contributed by atoms with Gasteiger partial charge in [-0.3, -0.25) is 33.7 Å². The smallest absolute Gasteiger partial charge is 0.301 e. The molecule has 0 saturated carbocycles. The first-order valence-corrected chi connectivity index (χ1v) is 31.1. The van der Waals surface area contributed by atoms with Crippen LogP contribution >= 0.6 is 11.3 Å². The summed E-state index contributed by atoms with van der Waals surface area (Å²) in [5.41, 5.74) is 5.21. The van der Waals surface area contributed by atoms with Crippen LogP contribution in [0.3, 0.4) is 0 Å². The maximum Gasteiger partial charge on any atom is 0.301 e. The van der Waals surface area contributed by atoms with E-state index in [1.807, 2.05) is 93.4 Å². The van der Waals surface area contributed by atoms with Crippen LogP contribution in [0, 0.1) is 29.9 Å². The first-order chi connectivity index (χ1) is 39.9. The van der Waals surface area contributed by atoms with E-state index in [4.69, 9.17) is 0 Å². The van der Waals surface area contributed by atoms with Crippen molar-refractivity contribution < 1.29 is 45.9 Å². The lowest BCUT2D eigenvalue weighted by Crippen LogP contribution is -2.62. The maximum absolute atomic E-state index is 15.9. The van der Waals surface area contributed by atoms with Gasteiger partial charge in [0.1, 0.15) is 29.7 Å². The Kier molecular flexibility index (Phi) is 17.7. The number of fused-ring (bicyclic) bond motifs is 1. The van der Waals surface area contributed by atoms with Gasteiger partial charge in [0.05, 0.1) is 46.0 Å². The lowest BCUT2D eigenvalue weighted by Gasteiger charge is -2.46. The molecule has 3 aromatic heterocycles. The summed E-state index contributed by atoms with van der Waals surface area (Å²) in [5.74, 6) is -4.15. The summed E-state index contributed by atoms with van der Waals surface area (Å²) in [5, 5.41) is 17.3. The molecular formula is C61H74F3N11O7S2. The van der Waals surface area contributed by atoms with E-state index in [0.717, 1.165) is 95.0 Å². The Balaban J connectivity index is 0.701. The summed E-state index contributed by atoms with van der Waals surface area (Å²) < 4.78 is 73.5. The van der Waals surface area contributed by atoms with E-state index in [0.29, 0.717) is 22.5 Å². The molecule has 0 aliphatic carbocycles. The van der Waals surface area contributed by atoms with Crippen LogP contribution < -0.4 is 20.3 Å². The average Bonchev–Trinajstić information content (AvgIpc) is 2.45. The van der Waals surface area contributed by atoms with E-state index < -0.39 is 81.1 Å². The predicted molar refractivity (Wildman–Crippen MR) is 318 cm³/mol. The number of ketones is 1. The number of hydrogen-bond donors (Lipinski definition) is 5. The number of pyridine rings is 1. The Morgan fingerprint density at radius 2 is 1.56 bits per heavy atom. The Bertz CT molecular complexity index is 3500. The molecule has 84 heavy (non-hydrogen) atoms. The largest absolute Gasteiger partial charge is 0.391 e. The lowest BCUT2D eigenvalue weighted by atomic mass is 9.85. The molecule has 18 nitrogen and oxygen atoms in total. The van der Waals surface area contributed by atoms with Crippen molar-refractivity contribution in [1.29, 1.82) is 0 Å². The molecule has 3 aromatic carbocycles. The van der Waals surface area contributed by atoms with Gasteiger partial charge in [0.15, 0.2) is 5.82 Å². The Hall–Kier alpha value is -6.76. The number of nitrogens with zero attached hydrogens (tertiary/aromatic N) is 7. The molecule has 23 heteroatoms. The van der Waals surface area contributed by atoms with Crippen LogP contribution in [0.4, 0.5) is 24.5 Å². The molecule has 0 unspecified atom stereocenters. The minimum absolute atomic E-state index is 0.00609. The second-order valence-corrected chi connectivity index (χ2v) is 26.8.